The molecule has 0 aliphatic carbocycles. The molecule has 1 atom stereocenters. The van der Waals surface area contributed by atoms with Crippen LogP contribution < -0.4 is 10.1 Å². The second kappa shape index (κ2) is 6.92. The van der Waals surface area contributed by atoms with Crippen molar-refractivity contribution in [2.24, 2.45) is 0 Å². The SMILES string of the molecule is CNC(CCCO)c1ccc(OC)c(C(C)(C)C)c1. The van der Waals surface area contributed by atoms with E-state index < -0.39 is 0 Å². The van der Waals surface area contributed by atoms with E-state index >= 15 is 0 Å². The van der Waals surface area contributed by atoms with Gasteiger partial charge in [-0.05, 0) is 42.5 Å². The lowest BCUT2D eigenvalue weighted by molar-refractivity contribution is 0.276. The molecule has 0 radical (unpaired) electrons. The van der Waals surface area contributed by atoms with E-state index in [1.165, 1.54) is 11.1 Å². The number of aliphatic hydroxyl groups is 1. The Hall–Kier alpha value is -1.06. The van der Waals surface area contributed by atoms with Crippen LogP contribution in [0.1, 0.15) is 50.8 Å². The molecule has 0 aliphatic heterocycles. The minimum Gasteiger partial charge on any atom is -0.496 e. The normalized spacial score (nSPS) is 13.4. The maximum Gasteiger partial charge on any atom is 0.122 e. The zero-order valence-corrected chi connectivity index (χ0v) is 12.8. The van der Waals surface area contributed by atoms with Crippen LogP contribution in [0.4, 0.5) is 0 Å². The number of hydrogen-bond donors (Lipinski definition) is 2. The van der Waals surface area contributed by atoms with E-state index in [1.54, 1.807) is 7.11 Å². The molecule has 3 nitrogen and oxygen atoms in total. The topological polar surface area (TPSA) is 41.5 Å². The van der Waals surface area contributed by atoms with Crippen LogP contribution in [0.5, 0.6) is 5.75 Å². The number of ether oxygens (including phenoxy) is 1. The van der Waals surface area contributed by atoms with Crippen LogP contribution in [0.15, 0.2) is 18.2 Å². The lowest BCUT2D eigenvalue weighted by Crippen LogP contribution is -2.19. The molecule has 0 saturated heterocycles. The van der Waals surface area contributed by atoms with Gasteiger partial charge in [0.25, 0.3) is 0 Å². The summed E-state index contributed by atoms with van der Waals surface area (Å²) in [4.78, 5) is 0. The van der Waals surface area contributed by atoms with Gasteiger partial charge in [0.2, 0.25) is 0 Å². The Morgan fingerprint density at radius 2 is 2.00 bits per heavy atom. The van der Waals surface area contributed by atoms with E-state index in [0.29, 0.717) is 0 Å². The molecule has 19 heavy (non-hydrogen) atoms. The van der Waals surface area contributed by atoms with E-state index in [4.69, 9.17) is 9.84 Å². The molecule has 0 spiro atoms. The van der Waals surface area contributed by atoms with E-state index in [9.17, 15) is 0 Å². The van der Waals surface area contributed by atoms with E-state index in [1.807, 2.05) is 13.1 Å². The van der Waals surface area contributed by atoms with Crippen LogP contribution in [-0.4, -0.2) is 25.9 Å². The van der Waals surface area contributed by atoms with Gasteiger partial charge in [-0.2, -0.15) is 0 Å². The average molecular weight is 265 g/mol. The molecular formula is C16H27NO2. The zero-order valence-electron chi connectivity index (χ0n) is 12.8. The van der Waals surface area contributed by atoms with Crippen molar-refractivity contribution < 1.29 is 9.84 Å². The van der Waals surface area contributed by atoms with Gasteiger partial charge < -0.3 is 15.2 Å². The van der Waals surface area contributed by atoms with Crippen molar-refractivity contribution in [3.63, 3.8) is 0 Å². The highest BCUT2D eigenvalue weighted by molar-refractivity contribution is 5.42. The molecular weight excluding hydrogens is 238 g/mol. The zero-order chi connectivity index (χ0) is 14.5. The number of aliphatic hydroxyl groups excluding tert-OH is 1. The molecule has 1 aromatic carbocycles. The smallest absolute Gasteiger partial charge is 0.122 e. The molecule has 0 fully saturated rings. The molecule has 0 heterocycles. The Labute approximate surface area is 117 Å². The van der Waals surface area contributed by atoms with Gasteiger partial charge in [0.05, 0.1) is 7.11 Å². The summed E-state index contributed by atoms with van der Waals surface area (Å²) in [6, 6.07) is 6.64. The summed E-state index contributed by atoms with van der Waals surface area (Å²) in [5.74, 6) is 0.938. The Balaban J connectivity index is 3.09. The molecule has 3 heteroatoms. The first-order valence-electron chi connectivity index (χ1n) is 6.90. The molecule has 1 unspecified atom stereocenters. The molecule has 0 amide bonds. The summed E-state index contributed by atoms with van der Waals surface area (Å²) in [5, 5.41) is 12.3. The highest BCUT2D eigenvalue weighted by Crippen LogP contribution is 2.34. The Bertz CT molecular complexity index is 396. The molecule has 2 N–H and O–H groups in total. The first kappa shape index (κ1) is 16.0. The average Bonchev–Trinajstić information content (AvgIpc) is 2.38. The Kier molecular flexibility index (Phi) is 5.83. The van der Waals surface area contributed by atoms with Gasteiger partial charge >= 0.3 is 0 Å². The lowest BCUT2D eigenvalue weighted by Gasteiger charge is -2.25. The molecule has 0 saturated carbocycles. The standard InChI is InChI=1S/C16H27NO2/c1-16(2,3)13-11-12(8-9-15(13)19-5)14(17-4)7-6-10-18/h8-9,11,14,17-18H,6-7,10H2,1-5H3. The molecule has 1 rings (SSSR count). The summed E-state index contributed by atoms with van der Waals surface area (Å²) in [7, 11) is 3.68. The maximum absolute atomic E-state index is 8.98. The number of rotatable bonds is 6. The van der Waals surface area contributed by atoms with Crippen LogP contribution in [0.25, 0.3) is 0 Å². The molecule has 0 aliphatic rings. The summed E-state index contributed by atoms with van der Waals surface area (Å²) in [6.07, 6.45) is 1.74. The quantitative estimate of drug-likeness (QED) is 0.830. The van der Waals surface area contributed by atoms with Gasteiger partial charge in [0, 0.05) is 12.6 Å². The van der Waals surface area contributed by atoms with Gasteiger partial charge in [-0.1, -0.05) is 32.9 Å². The first-order chi connectivity index (χ1) is 8.93. The third-order valence-corrected chi connectivity index (χ3v) is 3.43. The maximum atomic E-state index is 8.98. The van der Waals surface area contributed by atoms with Crippen LogP contribution >= 0.6 is 0 Å². The third kappa shape index (κ3) is 4.22. The fourth-order valence-electron chi connectivity index (χ4n) is 2.30. The van der Waals surface area contributed by atoms with E-state index in [2.05, 4.69) is 38.2 Å². The van der Waals surface area contributed by atoms with Crippen molar-refractivity contribution in [1.29, 1.82) is 0 Å². The predicted octanol–water partition coefficient (Wildman–Crippen LogP) is 3.03. The number of benzene rings is 1. The second-order valence-corrected chi connectivity index (χ2v) is 5.92. The minimum absolute atomic E-state index is 0.0522. The van der Waals surface area contributed by atoms with Crippen LogP contribution in [0.3, 0.4) is 0 Å². The van der Waals surface area contributed by atoms with E-state index in [0.717, 1.165) is 18.6 Å². The number of nitrogens with one attached hydrogen (secondary N) is 1. The molecule has 0 bridgehead atoms. The van der Waals surface area contributed by atoms with Gasteiger partial charge in [-0.25, -0.2) is 0 Å². The third-order valence-electron chi connectivity index (χ3n) is 3.43. The van der Waals surface area contributed by atoms with Gasteiger partial charge in [0.1, 0.15) is 5.75 Å². The summed E-state index contributed by atoms with van der Waals surface area (Å²) in [6.45, 7) is 6.81. The van der Waals surface area contributed by atoms with Gasteiger partial charge in [-0.15, -0.1) is 0 Å². The minimum atomic E-state index is 0.0522. The van der Waals surface area contributed by atoms with Crippen molar-refractivity contribution in [2.75, 3.05) is 20.8 Å². The van der Waals surface area contributed by atoms with Crippen molar-refractivity contribution in [1.82, 2.24) is 5.32 Å². The van der Waals surface area contributed by atoms with Crippen molar-refractivity contribution in [3.8, 4) is 5.75 Å². The molecule has 0 aromatic heterocycles. The number of hydrogen-bond acceptors (Lipinski definition) is 3. The Morgan fingerprint density at radius 3 is 2.47 bits per heavy atom. The number of methoxy groups -OCH3 is 1. The van der Waals surface area contributed by atoms with Gasteiger partial charge in [-0.3, -0.25) is 0 Å². The van der Waals surface area contributed by atoms with Crippen molar-refractivity contribution in [2.45, 2.75) is 45.1 Å². The van der Waals surface area contributed by atoms with E-state index in [-0.39, 0.29) is 18.1 Å². The highest BCUT2D eigenvalue weighted by atomic mass is 16.5. The molecule has 1 aromatic rings. The summed E-state index contributed by atoms with van der Waals surface area (Å²) in [5.41, 5.74) is 2.52. The monoisotopic (exact) mass is 265 g/mol. The predicted molar refractivity (Wildman–Crippen MR) is 79.8 cm³/mol. The Morgan fingerprint density at radius 1 is 1.32 bits per heavy atom. The molecule has 108 valence electrons. The highest BCUT2D eigenvalue weighted by Gasteiger charge is 2.20. The van der Waals surface area contributed by atoms with Crippen LogP contribution in [0, 0.1) is 0 Å². The van der Waals surface area contributed by atoms with Crippen LogP contribution in [0.2, 0.25) is 0 Å². The summed E-state index contributed by atoms with van der Waals surface area (Å²) < 4.78 is 5.46. The van der Waals surface area contributed by atoms with Crippen molar-refractivity contribution >= 4 is 0 Å². The van der Waals surface area contributed by atoms with Gasteiger partial charge in [0.15, 0.2) is 0 Å². The second-order valence-electron chi connectivity index (χ2n) is 5.92. The largest absolute Gasteiger partial charge is 0.496 e. The fraction of sp³-hybridized carbons (Fsp3) is 0.625. The first-order valence-corrected chi connectivity index (χ1v) is 6.90. The summed E-state index contributed by atoms with van der Waals surface area (Å²) >= 11 is 0. The lowest BCUT2D eigenvalue weighted by atomic mass is 9.84. The fourth-order valence-corrected chi connectivity index (χ4v) is 2.30. The van der Waals surface area contributed by atoms with Crippen molar-refractivity contribution in [3.05, 3.63) is 29.3 Å². The van der Waals surface area contributed by atoms with Crippen LogP contribution in [-0.2, 0) is 5.41 Å².